The lowest BCUT2D eigenvalue weighted by atomic mass is 10.2. The molecule has 0 saturated heterocycles. The van der Waals surface area contributed by atoms with Crippen molar-refractivity contribution < 1.29 is 4.52 Å². The van der Waals surface area contributed by atoms with Crippen molar-refractivity contribution in [1.29, 1.82) is 0 Å². The molecule has 1 aliphatic carbocycles. The lowest BCUT2D eigenvalue weighted by Gasteiger charge is -2.06. The van der Waals surface area contributed by atoms with Gasteiger partial charge in [-0.05, 0) is 39.2 Å². The molecule has 1 heterocycles. The number of aryl methyl sites for hydroxylation is 1. The van der Waals surface area contributed by atoms with Crippen LogP contribution in [-0.4, -0.2) is 23.2 Å². The van der Waals surface area contributed by atoms with E-state index in [4.69, 9.17) is 4.52 Å². The maximum atomic E-state index is 5.20. The van der Waals surface area contributed by atoms with Crippen LogP contribution in [0.4, 0.5) is 0 Å². The summed E-state index contributed by atoms with van der Waals surface area (Å²) in [6, 6.07) is 0.504. The highest BCUT2D eigenvalue weighted by molar-refractivity contribution is 4.92. The molecule has 0 spiro atoms. The predicted molar refractivity (Wildman–Crippen MR) is 57.6 cm³/mol. The summed E-state index contributed by atoms with van der Waals surface area (Å²) in [7, 11) is 1.97. The number of rotatable bonds is 6. The molecule has 0 aromatic carbocycles. The smallest absolute Gasteiger partial charge is 0.226 e. The van der Waals surface area contributed by atoms with Crippen molar-refractivity contribution in [2.45, 2.75) is 45.1 Å². The van der Waals surface area contributed by atoms with Gasteiger partial charge in [0, 0.05) is 18.9 Å². The van der Waals surface area contributed by atoms with Gasteiger partial charge in [0.25, 0.3) is 0 Å². The van der Waals surface area contributed by atoms with Gasteiger partial charge in [0.05, 0.1) is 0 Å². The van der Waals surface area contributed by atoms with E-state index in [1.165, 1.54) is 12.8 Å². The summed E-state index contributed by atoms with van der Waals surface area (Å²) >= 11 is 0. The van der Waals surface area contributed by atoms with Gasteiger partial charge < -0.3 is 9.84 Å². The zero-order valence-corrected chi connectivity index (χ0v) is 9.49. The van der Waals surface area contributed by atoms with Gasteiger partial charge in [0.15, 0.2) is 5.82 Å². The Hall–Kier alpha value is -0.900. The molecule has 1 aliphatic rings. The van der Waals surface area contributed by atoms with Gasteiger partial charge in [-0.1, -0.05) is 5.16 Å². The molecular formula is C11H19N3O. The highest BCUT2D eigenvalue weighted by Crippen LogP contribution is 2.31. The Morgan fingerprint density at radius 3 is 3.00 bits per heavy atom. The Morgan fingerprint density at radius 1 is 1.53 bits per heavy atom. The minimum Gasteiger partial charge on any atom is -0.339 e. The van der Waals surface area contributed by atoms with Crippen LogP contribution in [0.2, 0.25) is 0 Å². The number of hydrogen-bond donors (Lipinski definition) is 1. The summed E-state index contributed by atoms with van der Waals surface area (Å²) in [5.41, 5.74) is 0. The second kappa shape index (κ2) is 4.75. The first-order valence-corrected chi connectivity index (χ1v) is 5.76. The first kappa shape index (κ1) is 10.6. The molecule has 0 amide bonds. The molecule has 1 aromatic rings. The van der Waals surface area contributed by atoms with Crippen molar-refractivity contribution in [3.05, 3.63) is 11.7 Å². The largest absolute Gasteiger partial charge is 0.339 e. The molecule has 1 fully saturated rings. The van der Waals surface area contributed by atoms with E-state index in [-0.39, 0.29) is 0 Å². The number of nitrogens with one attached hydrogen (secondary N) is 1. The second-order valence-corrected chi connectivity index (χ2v) is 4.48. The van der Waals surface area contributed by atoms with Crippen molar-refractivity contribution in [3.63, 3.8) is 0 Å². The van der Waals surface area contributed by atoms with Crippen LogP contribution in [-0.2, 0) is 12.8 Å². The van der Waals surface area contributed by atoms with Crippen LogP contribution in [0.3, 0.4) is 0 Å². The highest BCUT2D eigenvalue weighted by atomic mass is 16.5. The van der Waals surface area contributed by atoms with Gasteiger partial charge in [-0.15, -0.1) is 0 Å². The van der Waals surface area contributed by atoms with Crippen LogP contribution in [0.1, 0.15) is 37.9 Å². The lowest BCUT2D eigenvalue weighted by molar-refractivity contribution is 0.363. The van der Waals surface area contributed by atoms with E-state index in [9.17, 15) is 0 Å². The average Bonchev–Trinajstić information content (AvgIpc) is 2.93. The van der Waals surface area contributed by atoms with Gasteiger partial charge >= 0.3 is 0 Å². The molecule has 1 aromatic heterocycles. The Balaban J connectivity index is 1.78. The van der Waals surface area contributed by atoms with Gasteiger partial charge in [-0.25, -0.2) is 0 Å². The van der Waals surface area contributed by atoms with E-state index >= 15 is 0 Å². The Kier molecular flexibility index (Phi) is 3.36. The predicted octanol–water partition coefficient (Wildman–Crippen LogP) is 1.56. The minimum atomic E-state index is 0.504. The zero-order valence-electron chi connectivity index (χ0n) is 9.49. The molecular weight excluding hydrogens is 190 g/mol. The molecule has 1 atom stereocenters. The third-order valence-electron chi connectivity index (χ3n) is 2.96. The van der Waals surface area contributed by atoms with Crippen molar-refractivity contribution >= 4 is 0 Å². The zero-order chi connectivity index (χ0) is 10.7. The first-order valence-electron chi connectivity index (χ1n) is 5.76. The van der Waals surface area contributed by atoms with Crippen LogP contribution >= 0.6 is 0 Å². The van der Waals surface area contributed by atoms with E-state index in [0.717, 1.165) is 36.9 Å². The fourth-order valence-electron chi connectivity index (χ4n) is 1.54. The Morgan fingerprint density at radius 2 is 2.33 bits per heavy atom. The minimum absolute atomic E-state index is 0.504. The van der Waals surface area contributed by atoms with Crippen LogP contribution in [0.15, 0.2) is 4.52 Å². The normalized spacial score (nSPS) is 18.0. The van der Waals surface area contributed by atoms with E-state index in [1.54, 1.807) is 0 Å². The van der Waals surface area contributed by atoms with Crippen molar-refractivity contribution in [3.8, 4) is 0 Å². The molecule has 1 unspecified atom stereocenters. The average molecular weight is 209 g/mol. The standard InChI is InChI=1S/C11H19N3O/c1-8(12-2)3-6-11-13-10(14-15-11)7-9-4-5-9/h8-9,12H,3-7H2,1-2H3. The molecule has 0 bridgehead atoms. The van der Waals surface area contributed by atoms with E-state index in [0.29, 0.717) is 6.04 Å². The molecule has 4 nitrogen and oxygen atoms in total. The number of aromatic nitrogens is 2. The van der Waals surface area contributed by atoms with Crippen LogP contribution in [0.5, 0.6) is 0 Å². The summed E-state index contributed by atoms with van der Waals surface area (Å²) in [6.45, 7) is 2.15. The fraction of sp³-hybridized carbons (Fsp3) is 0.818. The van der Waals surface area contributed by atoms with Gasteiger partial charge in [-0.2, -0.15) is 4.98 Å². The van der Waals surface area contributed by atoms with Gasteiger partial charge in [-0.3, -0.25) is 0 Å². The molecule has 0 radical (unpaired) electrons. The SMILES string of the molecule is CNC(C)CCc1nc(CC2CC2)no1. The molecule has 1 N–H and O–H groups in total. The summed E-state index contributed by atoms with van der Waals surface area (Å²) in [6.07, 6.45) is 5.59. The van der Waals surface area contributed by atoms with E-state index in [1.807, 2.05) is 7.05 Å². The third-order valence-corrected chi connectivity index (χ3v) is 2.96. The first-order chi connectivity index (χ1) is 7.28. The van der Waals surface area contributed by atoms with Gasteiger partial charge in [0.1, 0.15) is 0 Å². The molecule has 4 heteroatoms. The molecule has 84 valence electrons. The fourth-order valence-corrected chi connectivity index (χ4v) is 1.54. The summed E-state index contributed by atoms with van der Waals surface area (Å²) in [5.74, 6) is 2.50. The topological polar surface area (TPSA) is 51.0 Å². The number of hydrogen-bond acceptors (Lipinski definition) is 4. The van der Waals surface area contributed by atoms with Crippen molar-refractivity contribution in [1.82, 2.24) is 15.5 Å². The second-order valence-electron chi connectivity index (χ2n) is 4.48. The van der Waals surface area contributed by atoms with E-state index in [2.05, 4.69) is 22.4 Å². The Bertz CT molecular complexity index is 307. The quantitative estimate of drug-likeness (QED) is 0.772. The molecule has 0 aliphatic heterocycles. The van der Waals surface area contributed by atoms with Crippen LogP contribution < -0.4 is 5.32 Å². The highest BCUT2D eigenvalue weighted by Gasteiger charge is 2.23. The maximum Gasteiger partial charge on any atom is 0.226 e. The number of nitrogens with zero attached hydrogens (tertiary/aromatic N) is 2. The van der Waals surface area contributed by atoms with Crippen LogP contribution in [0, 0.1) is 5.92 Å². The summed E-state index contributed by atoms with van der Waals surface area (Å²) < 4.78 is 5.20. The summed E-state index contributed by atoms with van der Waals surface area (Å²) in [5, 5.41) is 7.19. The maximum absolute atomic E-state index is 5.20. The summed E-state index contributed by atoms with van der Waals surface area (Å²) in [4.78, 5) is 4.39. The lowest BCUT2D eigenvalue weighted by Crippen LogP contribution is -2.21. The molecule has 2 rings (SSSR count). The van der Waals surface area contributed by atoms with Crippen molar-refractivity contribution in [2.75, 3.05) is 7.05 Å². The monoisotopic (exact) mass is 209 g/mol. The molecule has 15 heavy (non-hydrogen) atoms. The van der Waals surface area contributed by atoms with Crippen molar-refractivity contribution in [2.24, 2.45) is 5.92 Å². The molecule has 1 saturated carbocycles. The Labute approximate surface area is 90.4 Å². The van der Waals surface area contributed by atoms with Gasteiger partial charge in [0.2, 0.25) is 5.89 Å². The van der Waals surface area contributed by atoms with E-state index < -0.39 is 0 Å². The third kappa shape index (κ3) is 3.30. The van der Waals surface area contributed by atoms with Crippen LogP contribution in [0.25, 0.3) is 0 Å².